The number of hydrogen-bond acceptors (Lipinski definition) is 6. The van der Waals surface area contributed by atoms with Crippen LogP contribution in [0, 0.1) is 12.7 Å². The Hall–Kier alpha value is -3.07. The molecule has 31 heavy (non-hydrogen) atoms. The Kier molecular flexibility index (Phi) is 5.05. The van der Waals surface area contributed by atoms with E-state index >= 15 is 0 Å². The molecule has 2 atom stereocenters. The SMILES string of the molecule is Cc1cn2nc([C@@H]3CCCCN3C(=O)c3ncccc3F)cc2nc1N1CCC(N)C1. The minimum Gasteiger partial charge on any atom is -0.355 e. The fourth-order valence-electron chi connectivity index (χ4n) is 4.64. The molecule has 1 unspecified atom stereocenters. The molecule has 2 aliphatic rings. The normalized spacial score (nSPS) is 21.8. The first kappa shape index (κ1) is 19.9. The number of nitrogens with zero attached hydrogens (tertiary/aromatic N) is 6. The largest absolute Gasteiger partial charge is 0.355 e. The Bertz CT molecular complexity index is 1130. The molecule has 9 heteroatoms. The Morgan fingerprint density at radius 3 is 2.90 bits per heavy atom. The van der Waals surface area contributed by atoms with E-state index in [9.17, 15) is 9.18 Å². The van der Waals surface area contributed by atoms with Gasteiger partial charge in [-0.05, 0) is 44.7 Å². The summed E-state index contributed by atoms with van der Waals surface area (Å²) in [6, 6.07) is 4.63. The van der Waals surface area contributed by atoms with Gasteiger partial charge in [0.15, 0.2) is 17.2 Å². The molecule has 2 N–H and O–H groups in total. The van der Waals surface area contributed by atoms with Crippen LogP contribution in [-0.4, -0.2) is 56.1 Å². The summed E-state index contributed by atoms with van der Waals surface area (Å²) in [6.45, 7) is 4.27. The molecule has 2 saturated heterocycles. The van der Waals surface area contributed by atoms with Gasteiger partial charge in [0.05, 0.1) is 11.7 Å². The highest BCUT2D eigenvalue weighted by atomic mass is 19.1. The van der Waals surface area contributed by atoms with Crippen LogP contribution in [0.25, 0.3) is 5.65 Å². The van der Waals surface area contributed by atoms with Gasteiger partial charge in [0.1, 0.15) is 5.82 Å². The molecule has 0 spiro atoms. The molecule has 8 nitrogen and oxygen atoms in total. The lowest BCUT2D eigenvalue weighted by Crippen LogP contribution is -2.39. The zero-order valence-corrected chi connectivity index (χ0v) is 17.5. The summed E-state index contributed by atoms with van der Waals surface area (Å²) in [7, 11) is 0. The molecule has 0 aliphatic carbocycles. The molecule has 3 aromatic heterocycles. The first-order valence-electron chi connectivity index (χ1n) is 10.8. The lowest BCUT2D eigenvalue weighted by molar-refractivity contribution is 0.0594. The lowest BCUT2D eigenvalue weighted by Gasteiger charge is -2.34. The van der Waals surface area contributed by atoms with Crippen molar-refractivity contribution in [3.63, 3.8) is 0 Å². The van der Waals surface area contributed by atoms with Crippen molar-refractivity contribution < 1.29 is 9.18 Å². The van der Waals surface area contributed by atoms with Gasteiger partial charge in [0.2, 0.25) is 0 Å². The molecule has 1 amide bonds. The maximum absolute atomic E-state index is 14.2. The van der Waals surface area contributed by atoms with E-state index in [1.807, 2.05) is 19.2 Å². The maximum atomic E-state index is 14.2. The summed E-state index contributed by atoms with van der Waals surface area (Å²) in [5, 5.41) is 4.73. The molecule has 0 bridgehead atoms. The number of carbonyl (C=O) groups excluding carboxylic acids is 1. The van der Waals surface area contributed by atoms with Crippen molar-refractivity contribution in [2.75, 3.05) is 24.5 Å². The minimum absolute atomic E-state index is 0.139. The summed E-state index contributed by atoms with van der Waals surface area (Å²) >= 11 is 0. The molecule has 5 rings (SSSR count). The highest BCUT2D eigenvalue weighted by Gasteiger charge is 2.32. The molecule has 3 aromatic rings. The van der Waals surface area contributed by atoms with E-state index in [0.29, 0.717) is 6.54 Å². The van der Waals surface area contributed by atoms with Crippen LogP contribution in [0.2, 0.25) is 0 Å². The molecule has 0 saturated carbocycles. The van der Waals surface area contributed by atoms with Crippen molar-refractivity contribution in [1.29, 1.82) is 0 Å². The Morgan fingerprint density at radius 2 is 2.13 bits per heavy atom. The monoisotopic (exact) mass is 423 g/mol. The highest BCUT2D eigenvalue weighted by Crippen LogP contribution is 2.32. The standard InChI is InChI=1S/C22H26FN7O/c1-14-12-30-19(26-21(14)28-10-7-15(24)13-28)11-17(27-30)18-6-2-3-9-29(18)22(31)20-16(23)5-4-8-25-20/h4-5,8,11-12,15,18H,2-3,6-7,9-10,13,24H2,1H3/t15?,18-/m0/s1. The van der Waals surface area contributed by atoms with Crippen LogP contribution in [0.1, 0.15) is 53.5 Å². The molecule has 0 radical (unpaired) electrons. The van der Waals surface area contributed by atoms with Crippen LogP contribution in [0.15, 0.2) is 30.6 Å². The van der Waals surface area contributed by atoms with Gasteiger partial charge in [-0.3, -0.25) is 4.79 Å². The van der Waals surface area contributed by atoms with Crippen LogP contribution in [0.4, 0.5) is 10.2 Å². The van der Waals surface area contributed by atoms with Gasteiger partial charge in [-0.15, -0.1) is 0 Å². The van der Waals surface area contributed by atoms with Crippen molar-refractivity contribution in [2.24, 2.45) is 5.73 Å². The number of fused-ring (bicyclic) bond motifs is 1. The highest BCUT2D eigenvalue weighted by molar-refractivity contribution is 5.92. The third-order valence-corrected chi connectivity index (χ3v) is 6.21. The number of rotatable bonds is 3. The van der Waals surface area contributed by atoms with E-state index in [0.717, 1.165) is 61.5 Å². The predicted octanol–water partition coefficient (Wildman–Crippen LogP) is 2.48. The molecule has 162 valence electrons. The van der Waals surface area contributed by atoms with Crippen LogP contribution in [0.3, 0.4) is 0 Å². The second-order valence-corrected chi connectivity index (χ2v) is 8.46. The van der Waals surface area contributed by atoms with Crippen molar-refractivity contribution in [3.05, 3.63) is 53.4 Å². The zero-order chi connectivity index (χ0) is 21.5. The molecule has 2 aliphatic heterocycles. The van der Waals surface area contributed by atoms with Gasteiger partial charge in [-0.1, -0.05) is 0 Å². The number of piperidine rings is 1. The van der Waals surface area contributed by atoms with Crippen LogP contribution in [-0.2, 0) is 0 Å². The van der Waals surface area contributed by atoms with Crippen molar-refractivity contribution >= 4 is 17.4 Å². The summed E-state index contributed by atoms with van der Waals surface area (Å²) in [5.41, 5.74) is 8.47. The van der Waals surface area contributed by atoms with Gasteiger partial charge in [-0.25, -0.2) is 18.9 Å². The first-order valence-corrected chi connectivity index (χ1v) is 10.8. The number of hydrogen-bond donors (Lipinski definition) is 1. The maximum Gasteiger partial charge on any atom is 0.276 e. The van der Waals surface area contributed by atoms with Gasteiger partial charge in [-0.2, -0.15) is 5.10 Å². The number of amides is 1. The number of nitrogens with two attached hydrogens (primary N) is 1. The van der Waals surface area contributed by atoms with E-state index in [-0.39, 0.29) is 17.8 Å². The summed E-state index contributed by atoms with van der Waals surface area (Å²) in [4.78, 5) is 25.8. The van der Waals surface area contributed by atoms with E-state index < -0.39 is 11.7 Å². The third kappa shape index (κ3) is 3.63. The number of anilines is 1. The fraction of sp³-hybridized carbons (Fsp3) is 0.455. The molecular weight excluding hydrogens is 397 g/mol. The topological polar surface area (TPSA) is 92.6 Å². The predicted molar refractivity (Wildman–Crippen MR) is 114 cm³/mol. The second kappa shape index (κ2) is 7.88. The zero-order valence-electron chi connectivity index (χ0n) is 17.5. The summed E-state index contributed by atoms with van der Waals surface area (Å²) < 4.78 is 16.0. The number of halogens is 1. The number of likely N-dealkylation sites (tertiary alicyclic amines) is 1. The Labute approximate surface area is 179 Å². The Morgan fingerprint density at radius 1 is 1.26 bits per heavy atom. The van der Waals surface area contributed by atoms with E-state index in [4.69, 9.17) is 15.8 Å². The van der Waals surface area contributed by atoms with Crippen molar-refractivity contribution in [3.8, 4) is 0 Å². The molecular formula is C22H26FN7O. The number of aromatic nitrogens is 4. The van der Waals surface area contributed by atoms with Crippen LogP contribution < -0.4 is 10.6 Å². The van der Waals surface area contributed by atoms with Crippen LogP contribution >= 0.6 is 0 Å². The van der Waals surface area contributed by atoms with E-state index in [1.54, 1.807) is 9.42 Å². The number of carbonyl (C=O) groups is 1. The van der Waals surface area contributed by atoms with Crippen molar-refractivity contribution in [2.45, 2.75) is 44.7 Å². The first-order chi connectivity index (χ1) is 15.0. The fourth-order valence-corrected chi connectivity index (χ4v) is 4.64. The Balaban J connectivity index is 1.48. The average molecular weight is 423 g/mol. The smallest absolute Gasteiger partial charge is 0.276 e. The van der Waals surface area contributed by atoms with Gasteiger partial charge >= 0.3 is 0 Å². The van der Waals surface area contributed by atoms with E-state index in [1.165, 1.54) is 18.3 Å². The molecule has 0 aromatic carbocycles. The third-order valence-electron chi connectivity index (χ3n) is 6.21. The van der Waals surface area contributed by atoms with Gasteiger partial charge in [0, 0.05) is 49.7 Å². The molecule has 5 heterocycles. The number of aryl methyl sites for hydroxylation is 1. The summed E-state index contributed by atoms with van der Waals surface area (Å²) in [6.07, 6.45) is 7.01. The van der Waals surface area contributed by atoms with E-state index in [2.05, 4.69) is 9.88 Å². The van der Waals surface area contributed by atoms with Crippen molar-refractivity contribution in [1.82, 2.24) is 24.5 Å². The van der Waals surface area contributed by atoms with Gasteiger partial charge < -0.3 is 15.5 Å². The second-order valence-electron chi connectivity index (χ2n) is 8.46. The average Bonchev–Trinajstić information content (AvgIpc) is 3.38. The number of pyridine rings is 1. The summed E-state index contributed by atoms with van der Waals surface area (Å²) in [5.74, 6) is -0.0626. The quantitative estimate of drug-likeness (QED) is 0.696. The van der Waals surface area contributed by atoms with Crippen LogP contribution in [0.5, 0.6) is 0 Å². The minimum atomic E-state index is -0.599. The molecule has 2 fully saturated rings. The lowest BCUT2D eigenvalue weighted by atomic mass is 9.99. The van der Waals surface area contributed by atoms with Gasteiger partial charge in [0.25, 0.3) is 5.91 Å².